The third-order valence-corrected chi connectivity index (χ3v) is 10.6. The van der Waals surface area contributed by atoms with Gasteiger partial charge >= 0.3 is 53.2 Å². The van der Waals surface area contributed by atoms with Crippen molar-refractivity contribution in [3.63, 3.8) is 0 Å². The van der Waals surface area contributed by atoms with Crippen LogP contribution in [0.4, 0.5) is 79.0 Å². The summed E-state index contributed by atoms with van der Waals surface area (Å²) in [5.74, 6) is 0. The van der Waals surface area contributed by atoms with Crippen LogP contribution >= 0.6 is 0 Å². The SMILES string of the molecule is O=S(=O)([N-]S(=O)(=O)C(F)(F)F)C(F)(F)F.O=S(=O)([N-]S(=O)(=O)C(F)(F)F)C(F)(F)F.O=S(=O)([N-]S(=O)(=O)C(F)(F)F)C(F)(F)F.[Ir+3]. The van der Waals surface area contributed by atoms with Gasteiger partial charge in [-0.2, -0.15) is 79.0 Å². The van der Waals surface area contributed by atoms with Crippen molar-refractivity contribution in [3.05, 3.63) is 12.4 Å². The number of halogens is 18. The van der Waals surface area contributed by atoms with Crippen LogP contribution in [-0.2, 0) is 80.2 Å². The van der Waals surface area contributed by atoms with E-state index >= 15 is 0 Å². The van der Waals surface area contributed by atoms with Crippen LogP contribution in [0.15, 0.2) is 0 Å². The number of hydrogen-bond donors (Lipinski definition) is 0. The summed E-state index contributed by atoms with van der Waals surface area (Å²) in [4.78, 5) is 0. The number of alkyl halides is 18. The molecule has 0 N–H and O–H groups in total. The van der Waals surface area contributed by atoms with Gasteiger partial charge in [-0.25, -0.2) is 50.5 Å². The molecule has 15 nitrogen and oxygen atoms in total. The fourth-order valence-electron chi connectivity index (χ4n) is 0.641. The normalized spacial score (nSPS) is 15.0. The Morgan fingerprint density at radius 1 is 0.239 bits per heavy atom. The Kier molecular flexibility index (Phi) is 16.7. The van der Waals surface area contributed by atoms with Crippen molar-refractivity contribution in [1.29, 1.82) is 0 Å². The van der Waals surface area contributed by atoms with E-state index in [1.807, 2.05) is 0 Å². The molecule has 0 amide bonds. The first-order valence-corrected chi connectivity index (χ1v) is 16.4. The van der Waals surface area contributed by atoms with E-state index in [1.165, 1.54) is 0 Å². The molecule has 0 aliphatic heterocycles. The average molecular weight is 1030 g/mol. The fourth-order valence-corrected chi connectivity index (χ4v) is 5.77. The molecule has 0 spiro atoms. The second kappa shape index (κ2) is 14.8. The minimum atomic E-state index is -6.72. The molecule has 0 saturated carbocycles. The minimum Gasteiger partial charge on any atom is -0.421 e. The Labute approximate surface area is 254 Å². The molecule has 0 aromatic rings. The predicted octanol–water partition coefficient (Wildman–Crippen LogP) is 3.18. The van der Waals surface area contributed by atoms with Gasteiger partial charge < -0.3 is 12.4 Å². The molecule has 0 bridgehead atoms. The van der Waals surface area contributed by atoms with Gasteiger partial charge in [-0.1, -0.05) is 0 Å². The molecule has 0 aliphatic carbocycles. The first-order valence-electron chi connectivity index (χ1n) is 7.72. The second-order valence-corrected chi connectivity index (χ2v) is 16.0. The summed E-state index contributed by atoms with van der Waals surface area (Å²) in [6.45, 7) is 0. The van der Waals surface area contributed by atoms with E-state index in [0.717, 1.165) is 12.4 Å². The molecule has 0 fully saturated rings. The van der Waals surface area contributed by atoms with Crippen molar-refractivity contribution in [1.82, 2.24) is 0 Å². The molecule has 0 aromatic carbocycles. The molecule has 0 aromatic heterocycles. The number of rotatable bonds is 6. The molecule has 0 saturated heterocycles. The minimum absolute atomic E-state index is 0. The molecule has 0 heterocycles. The maximum atomic E-state index is 11.4. The van der Waals surface area contributed by atoms with Gasteiger partial charge in [0, 0.05) is 0 Å². The second-order valence-electron chi connectivity index (χ2n) is 5.75. The quantitative estimate of drug-likeness (QED) is 0.348. The topological polar surface area (TPSA) is 247 Å². The van der Waals surface area contributed by atoms with E-state index in [2.05, 4.69) is 0 Å². The van der Waals surface area contributed by atoms with E-state index < -0.39 is 93.2 Å². The zero-order valence-corrected chi connectivity index (χ0v) is 26.1. The molecular weight excluding hydrogens is 1030 g/mol. The van der Waals surface area contributed by atoms with Gasteiger partial charge in [-0.3, -0.25) is 0 Å². The average Bonchev–Trinajstić information content (AvgIpc) is 2.61. The summed E-state index contributed by atoms with van der Waals surface area (Å²) >= 11 is 0. The van der Waals surface area contributed by atoms with Crippen LogP contribution in [0.1, 0.15) is 0 Å². The van der Waals surface area contributed by atoms with Gasteiger partial charge in [0.1, 0.15) is 0 Å². The first kappa shape index (κ1) is 51.8. The summed E-state index contributed by atoms with van der Waals surface area (Å²) in [5.41, 5.74) is -37.2. The van der Waals surface area contributed by atoms with Crippen molar-refractivity contribution >= 4 is 60.1 Å². The van der Waals surface area contributed by atoms with Gasteiger partial charge in [0.2, 0.25) is 0 Å². The van der Waals surface area contributed by atoms with Crippen LogP contribution in [0.3, 0.4) is 0 Å². The van der Waals surface area contributed by atoms with Gasteiger partial charge in [-0.05, 0) is 0 Å². The number of hydrogen-bond acceptors (Lipinski definition) is 12. The Bertz CT molecular complexity index is 1370. The van der Waals surface area contributed by atoms with Gasteiger partial charge in [0.05, 0.1) is 0 Å². The Morgan fingerprint density at radius 2 is 0.304 bits per heavy atom. The van der Waals surface area contributed by atoms with Crippen molar-refractivity contribution in [3.8, 4) is 0 Å². The van der Waals surface area contributed by atoms with Crippen molar-refractivity contribution < 1.29 is 150 Å². The molecule has 0 atom stereocenters. The largest absolute Gasteiger partial charge is 3.00 e. The Hall–Kier alpha value is -1.03. The van der Waals surface area contributed by atoms with Crippen LogP contribution in [0.25, 0.3) is 12.4 Å². The molecule has 282 valence electrons. The number of sulfonamides is 6. The summed E-state index contributed by atoms with van der Waals surface area (Å²) in [6, 6.07) is 0. The van der Waals surface area contributed by atoms with E-state index in [9.17, 15) is 130 Å². The fraction of sp³-hybridized carbons (Fsp3) is 1.00. The van der Waals surface area contributed by atoms with Crippen LogP contribution < -0.4 is 0 Å². The van der Waals surface area contributed by atoms with Gasteiger partial charge in [-0.15, -0.1) is 0 Å². The van der Waals surface area contributed by atoms with E-state index in [0.29, 0.717) is 0 Å². The van der Waals surface area contributed by atoms with Crippen LogP contribution in [0.5, 0.6) is 0 Å². The standard InChI is InChI=1S/3C2F6NO4S2.Ir/c3*3-1(4,5)14(10,11)9-15(12,13)2(6,7)8;/q3*-1;+3. The third kappa shape index (κ3) is 15.0. The first-order chi connectivity index (χ1) is 18.6. The van der Waals surface area contributed by atoms with Crippen LogP contribution in [0, 0.1) is 0 Å². The molecule has 0 radical (unpaired) electrons. The van der Waals surface area contributed by atoms with Gasteiger partial charge in [0.15, 0.2) is 60.1 Å². The summed E-state index contributed by atoms with van der Waals surface area (Å²) in [5, 5.41) is 0. The van der Waals surface area contributed by atoms with E-state index in [1.54, 1.807) is 0 Å². The smallest absolute Gasteiger partial charge is 0.421 e. The van der Waals surface area contributed by atoms with E-state index in [4.69, 9.17) is 0 Å². The van der Waals surface area contributed by atoms with Crippen LogP contribution in [-0.4, -0.2) is 83.6 Å². The Balaban J connectivity index is -0.000000285. The molecular formula is C6F18IrN3O12S6. The van der Waals surface area contributed by atoms with Crippen molar-refractivity contribution in [2.75, 3.05) is 0 Å². The van der Waals surface area contributed by atoms with Crippen molar-refractivity contribution in [2.45, 2.75) is 33.0 Å². The Morgan fingerprint density at radius 3 is 0.348 bits per heavy atom. The van der Waals surface area contributed by atoms with Crippen LogP contribution in [0.2, 0.25) is 0 Å². The summed E-state index contributed by atoms with van der Waals surface area (Å²) < 4.78 is 328. The third-order valence-electron chi connectivity index (χ3n) is 2.34. The van der Waals surface area contributed by atoms with Gasteiger partial charge in [0.25, 0.3) is 0 Å². The molecule has 0 rings (SSSR count). The molecule has 40 heteroatoms. The maximum absolute atomic E-state index is 11.4. The number of nitrogens with zero attached hydrogens (tertiary/aromatic N) is 3. The molecule has 0 aliphatic rings. The zero-order chi connectivity index (χ0) is 38.1. The van der Waals surface area contributed by atoms with Crippen molar-refractivity contribution in [2.24, 2.45) is 0 Å². The summed E-state index contributed by atoms with van der Waals surface area (Å²) in [7, 11) is -40.3. The monoisotopic (exact) mass is 1030 g/mol. The predicted molar refractivity (Wildman–Crippen MR) is 99.9 cm³/mol. The van der Waals surface area contributed by atoms with E-state index in [-0.39, 0.29) is 20.1 Å². The molecule has 46 heavy (non-hydrogen) atoms. The summed E-state index contributed by atoms with van der Waals surface area (Å²) in [6.07, 6.45) is 0. The molecule has 0 unspecified atom stereocenters. The zero-order valence-electron chi connectivity index (χ0n) is 18.8. The maximum Gasteiger partial charge on any atom is 3.00 e.